The molecule has 0 atom stereocenters. The van der Waals surface area contributed by atoms with Gasteiger partial charge in [-0.1, -0.05) is 17.7 Å². The summed E-state index contributed by atoms with van der Waals surface area (Å²) in [5, 5.41) is 0. The molecular weight excluding hydrogens is 326 g/mol. The second-order valence-electron chi connectivity index (χ2n) is 5.32. The Bertz CT molecular complexity index is 813. The lowest BCUT2D eigenvalue weighted by Crippen LogP contribution is -2.36. The molecule has 1 aromatic heterocycles. The molecule has 1 amide bonds. The minimum absolute atomic E-state index is 0.112. The third-order valence-corrected chi connectivity index (χ3v) is 4.88. The molecule has 24 heavy (non-hydrogen) atoms. The van der Waals surface area contributed by atoms with E-state index < -0.39 is 10.0 Å². The summed E-state index contributed by atoms with van der Waals surface area (Å²) in [4.78, 5) is 17.9. The molecular formula is C17H21N3O3S. The van der Waals surface area contributed by atoms with Gasteiger partial charge in [0, 0.05) is 19.2 Å². The van der Waals surface area contributed by atoms with Crippen molar-refractivity contribution in [1.82, 2.24) is 4.90 Å². The second kappa shape index (κ2) is 7.44. The van der Waals surface area contributed by atoms with Gasteiger partial charge in [-0.2, -0.15) is 0 Å². The van der Waals surface area contributed by atoms with Crippen LogP contribution in [-0.4, -0.2) is 32.3 Å². The zero-order chi connectivity index (χ0) is 17.7. The van der Waals surface area contributed by atoms with E-state index >= 15 is 0 Å². The van der Waals surface area contributed by atoms with Crippen LogP contribution in [0, 0.1) is 6.92 Å². The first-order valence-corrected chi connectivity index (χ1v) is 9.17. The Kier molecular flexibility index (Phi) is 5.56. The maximum atomic E-state index is 12.4. The summed E-state index contributed by atoms with van der Waals surface area (Å²) >= 11 is 0. The second-order valence-corrected chi connectivity index (χ2v) is 6.90. The molecule has 0 bridgehead atoms. The van der Waals surface area contributed by atoms with E-state index in [0.717, 1.165) is 10.2 Å². The van der Waals surface area contributed by atoms with Crippen LogP contribution >= 0.6 is 0 Å². The molecule has 7 heteroatoms. The van der Waals surface area contributed by atoms with E-state index in [4.69, 9.17) is 0 Å². The lowest BCUT2D eigenvalue weighted by Gasteiger charge is -2.19. The molecule has 1 aromatic carbocycles. The van der Waals surface area contributed by atoms with Crippen LogP contribution in [0.3, 0.4) is 0 Å². The number of hydrogen-bond donors (Lipinski definition) is 0. The van der Waals surface area contributed by atoms with E-state index in [1.165, 1.54) is 24.5 Å². The van der Waals surface area contributed by atoms with Crippen molar-refractivity contribution in [3.8, 4) is 0 Å². The number of pyridine rings is 1. The van der Waals surface area contributed by atoms with E-state index in [-0.39, 0.29) is 10.8 Å². The zero-order valence-corrected chi connectivity index (χ0v) is 14.8. The average Bonchev–Trinajstić information content (AvgIpc) is 2.56. The molecule has 2 aromatic rings. The van der Waals surface area contributed by atoms with Crippen molar-refractivity contribution < 1.29 is 17.9 Å². The van der Waals surface area contributed by atoms with Gasteiger partial charge in [-0.05, 0) is 39.0 Å². The van der Waals surface area contributed by atoms with Crippen molar-refractivity contribution in [2.75, 3.05) is 13.1 Å². The van der Waals surface area contributed by atoms with Gasteiger partial charge in [0.15, 0.2) is 22.4 Å². The number of carbonyl (C=O) groups is 1. The minimum Gasteiger partial charge on any atom is -0.339 e. The molecule has 0 saturated carbocycles. The van der Waals surface area contributed by atoms with Gasteiger partial charge >= 0.3 is 0 Å². The third kappa shape index (κ3) is 4.11. The maximum Gasteiger partial charge on any atom is 0.259 e. The van der Waals surface area contributed by atoms with Gasteiger partial charge in [0.2, 0.25) is 0 Å². The van der Waals surface area contributed by atoms with Crippen LogP contribution in [0.2, 0.25) is 0 Å². The average molecular weight is 347 g/mol. The van der Waals surface area contributed by atoms with Crippen LogP contribution in [-0.2, 0) is 10.0 Å². The SMILES string of the molecule is CCN(CC)C(=O)c1ccc[n+]([N-]S(=O)(=O)c2ccc(C)cc2)c1. The molecule has 0 spiro atoms. The maximum absolute atomic E-state index is 12.4. The molecule has 0 N–H and O–H groups in total. The van der Waals surface area contributed by atoms with E-state index in [1.54, 1.807) is 29.2 Å². The molecule has 1 heterocycles. The van der Waals surface area contributed by atoms with E-state index in [2.05, 4.69) is 4.83 Å². The van der Waals surface area contributed by atoms with Crippen molar-refractivity contribution in [2.24, 2.45) is 0 Å². The van der Waals surface area contributed by atoms with Crippen molar-refractivity contribution in [1.29, 1.82) is 0 Å². The van der Waals surface area contributed by atoms with Crippen LogP contribution in [0.15, 0.2) is 53.7 Å². The minimum atomic E-state index is -3.84. The van der Waals surface area contributed by atoms with Gasteiger partial charge in [-0.15, -0.1) is 0 Å². The highest BCUT2D eigenvalue weighted by Crippen LogP contribution is 2.15. The Morgan fingerprint density at radius 3 is 2.33 bits per heavy atom. The molecule has 2 rings (SSSR count). The molecule has 0 aliphatic carbocycles. The number of nitrogens with zero attached hydrogens (tertiary/aromatic N) is 3. The summed E-state index contributed by atoms with van der Waals surface area (Å²) in [7, 11) is -3.84. The largest absolute Gasteiger partial charge is 0.339 e. The predicted molar refractivity (Wildman–Crippen MR) is 91.0 cm³/mol. The summed E-state index contributed by atoms with van der Waals surface area (Å²) < 4.78 is 25.9. The number of rotatable bonds is 6. The first-order chi connectivity index (χ1) is 11.4. The fourth-order valence-electron chi connectivity index (χ4n) is 2.22. The smallest absolute Gasteiger partial charge is 0.259 e. The molecule has 6 nitrogen and oxygen atoms in total. The Balaban J connectivity index is 2.26. The van der Waals surface area contributed by atoms with Gasteiger partial charge in [-0.25, -0.2) is 13.1 Å². The lowest BCUT2D eigenvalue weighted by molar-refractivity contribution is -0.614. The van der Waals surface area contributed by atoms with Crippen LogP contribution < -0.4 is 4.68 Å². The summed E-state index contributed by atoms with van der Waals surface area (Å²) in [6, 6.07) is 9.70. The van der Waals surface area contributed by atoms with Gasteiger partial charge in [0.25, 0.3) is 5.91 Å². The summed E-state index contributed by atoms with van der Waals surface area (Å²) in [5.41, 5.74) is 1.36. The van der Waals surface area contributed by atoms with Gasteiger partial charge < -0.3 is 9.73 Å². The first kappa shape index (κ1) is 17.9. The molecule has 0 fully saturated rings. The van der Waals surface area contributed by atoms with Gasteiger partial charge in [-0.3, -0.25) is 4.79 Å². The van der Waals surface area contributed by atoms with Crippen molar-refractivity contribution in [3.05, 3.63) is 64.7 Å². The fraction of sp³-hybridized carbons (Fsp3) is 0.294. The molecule has 0 saturated heterocycles. The highest BCUT2D eigenvalue weighted by molar-refractivity contribution is 7.93. The van der Waals surface area contributed by atoms with Crippen LogP contribution in [0.4, 0.5) is 0 Å². The van der Waals surface area contributed by atoms with E-state index in [9.17, 15) is 13.2 Å². The highest BCUT2D eigenvalue weighted by atomic mass is 32.2. The molecule has 0 aliphatic rings. The van der Waals surface area contributed by atoms with E-state index in [0.29, 0.717) is 18.7 Å². The topological polar surface area (TPSA) is 72.4 Å². The quantitative estimate of drug-likeness (QED) is 0.753. The number of benzene rings is 1. The summed E-state index contributed by atoms with van der Waals surface area (Å²) in [5.74, 6) is -0.155. The zero-order valence-electron chi connectivity index (χ0n) is 14.0. The Labute approximate surface area is 142 Å². The number of aromatic nitrogens is 1. The highest BCUT2D eigenvalue weighted by Gasteiger charge is 2.16. The van der Waals surface area contributed by atoms with Crippen LogP contribution in [0.5, 0.6) is 0 Å². The van der Waals surface area contributed by atoms with Crippen molar-refractivity contribution in [2.45, 2.75) is 25.7 Å². The van der Waals surface area contributed by atoms with Gasteiger partial charge in [0.1, 0.15) is 5.56 Å². The Morgan fingerprint density at radius 1 is 1.12 bits per heavy atom. The molecule has 0 aliphatic heterocycles. The Hall–Kier alpha value is -2.41. The number of aryl methyl sites for hydroxylation is 1. The lowest BCUT2D eigenvalue weighted by atomic mass is 10.2. The standard InChI is InChI=1S/C17H21N3O3S/c1-4-19(5-2)17(21)15-7-6-12-20(13-15)18-24(22,23)16-10-8-14(3)9-11-16/h6-13H,4-5H2,1-3H3. The van der Waals surface area contributed by atoms with E-state index in [1.807, 2.05) is 20.8 Å². The number of amides is 1. The predicted octanol–water partition coefficient (Wildman–Crippen LogP) is 2.29. The third-order valence-electron chi connectivity index (χ3n) is 3.60. The molecule has 0 radical (unpaired) electrons. The van der Waals surface area contributed by atoms with Crippen LogP contribution in [0.25, 0.3) is 4.83 Å². The van der Waals surface area contributed by atoms with Crippen molar-refractivity contribution in [3.63, 3.8) is 0 Å². The van der Waals surface area contributed by atoms with Gasteiger partial charge in [0.05, 0.1) is 4.90 Å². The summed E-state index contributed by atoms with van der Waals surface area (Å²) in [6.45, 7) is 6.84. The monoisotopic (exact) mass is 347 g/mol. The number of carbonyl (C=O) groups excluding carboxylic acids is 1. The normalized spacial score (nSPS) is 11.1. The molecule has 128 valence electrons. The van der Waals surface area contributed by atoms with Crippen molar-refractivity contribution >= 4 is 15.9 Å². The summed E-state index contributed by atoms with van der Waals surface area (Å²) in [6.07, 6.45) is 2.91. The number of hydrogen-bond acceptors (Lipinski definition) is 3. The Morgan fingerprint density at radius 2 is 1.75 bits per heavy atom. The fourth-order valence-corrected chi connectivity index (χ4v) is 3.14. The number of sulfonamides is 1. The van der Waals surface area contributed by atoms with Crippen LogP contribution in [0.1, 0.15) is 29.8 Å². The first-order valence-electron chi connectivity index (χ1n) is 7.73. The molecule has 0 unspecified atom stereocenters.